The van der Waals surface area contributed by atoms with Crippen LogP contribution in [0, 0.1) is 0 Å². The number of rotatable bonds is 7. The third-order valence-corrected chi connectivity index (χ3v) is 2.94. The summed E-state index contributed by atoms with van der Waals surface area (Å²) in [6.45, 7) is 2.82. The number of hydrazone groups is 1. The lowest BCUT2D eigenvalue weighted by Crippen LogP contribution is -2.24. The van der Waals surface area contributed by atoms with Crippen molar-refractivity contribution in [2.75, 3.05) is 11.9 Å². The van der Waals surface area contributed by atoms with Gasteiger partial charge >= 0.3 is 6.03 Å². The Morgan fingerprint density at radius 2 is 2.13 bits per heavy atom. The first kappa shape index (κ1) is 16.5. The number of nitrogens with one attached hydrogen (secondary N) is 2. The van der Waals surface area contributed by atoms with Crippen LogP contribution in [0.3, 0.4) is 0 Å². The van der Waals surface area contributed by atoms with E-state index in [0.717, 1.165) is 24.2 Å². The smallest absolute Gasteiger partial charge is 0.339 e. The van der Waals surface area contributed by atoms with Crippen LogP contribution < -0.4 is 15.5 Å². The average molecular weight is 312 g/mol. The number of carbonyl (C=O) groups excluding carboxylic acids is 1. The van der Waals surface area contributed by atoms with Gasteiger partial charge in [-0.15, -0.1) is 0 Å². The van der Waals surface area contributed by atoms with Gasteiger partial charge in [0.15, 0.2) is 0 Å². The number of pyridine rings is 1. The van der Waals surface area contributed by atoms with Gasteiger partial charge < -0.3 is 10.1 Å². The molecular formula is C17H20N4O2. The molecule has 2 rings (SSSR count). The maximum atomic E-state index is 11.7. The fourth-order valence-corrected chi connectivity index (χ4v) is 1.75. The van der Waals surface area contributed by atoms with Crippen molar-refractivity contribution < 1.29 is 9.53 Å². The number of aromatic nitrogens is 1. The fraction of sp³-hybridized carbons (Fsp3) is 0.235. The monoisotopic (exact) mass is 312 g/mol. The molecule has 0 atom stereocenters. The largest absolute Gasteiger partial charge is 0.494 e. The van der Waals surface area contributed by atoms with E-state index in [9.17, 15) is 4.79 Å². The Morgan fingerprint density at radius 1 is 1.30 bits per heavy atom. The topological polar surface area (TPSA) is 75.6 Å². The molecule has 0 aliphatic heterocycles. The third kappa shape index (κ3) is 6.17. The highest BCUT2D eigenvalue weighted by Crippen LogP contribution is 2.15. The number of amides is 2. The van der Waals surface area contributed by atoms with Crippen LogP contribution in [0.1, 0.15) is 25.3 Å². The molecule has 0 spiro atoms. The van der Waals surface area contributed by atoms with E-state index < -0.39 is 6.03 Å². The van der Waals surface area contributed by atoms with Gasteiger partial charge in [0, 0.05) is 23.6 Å². The van der Waals surface area contributed by atoms with Crippen LogP contribution in [-0.4, -0.2) is 23.8 Å². The van der Waals surface area contributed by atoms with Gasteiger partial charge in [-0.1, -0.05) is 19.4 Å². The summed E-state index contributed by atoms with van der Waals surface area (Å²) in [4.78, 5) is 15.7. The maximum Gasteiger partial charge on any atom is 0.339 e. The summed E-state index contributed by atoms with van der Waals surface area (Å²) in [6.07, 6.45) is 6.97. The lowest BCUT2D eigenvalue weighted by Gasteiger charge is -2.07. The van der Waals surface area contributed by atoms with Crippen molar-refractivity contribution in [3.05, 3.63) is 54.4 Å². The first-order chi connectivity index (χ1) is 11.3. The number of benzene rings is 1. The van der Waals surface area contributed by atoms with Crippen LogP contribution in [-0.2, 0) is 0 Å². The summed E-state index contributed by atoms with van der Waals surface area (Å²) in [5.41, 5.74) is 3.87. The van der Waals surface area contributed by atoms with Gasteiger partial charge in [0.25, 0.3) is 0 Å². The number of unbranched alkanes of at least 4 members (excludes halogenated alkanes) is 1. The Hall–Kier alpha value is -2.89. The predicted octanol–water partition coefficient (Wildman–Crippen LogP) is 3.42. The number of hydrogen-bond donors (Lipinski definition) is 2. The standard InChI is InChI=1S/C17H20N4O2/c1-2-3-11-23-16-8-6-15(7-9-16)20-17(22)21-19-13-14-5-4-10-18-12-14/h4-10,12-13H,2-3,11H2,1H3,(H2,20,21,22). The summed E-state index contributed by atoms with van der Waals surface area (Å²) in [5, 5.41) is 6.54. The van der Waals surface area contributed by atoms with Crippen LogP contribution in [0.15, 0.2) is 53.9 Å². The second kappa shape index (κ2) is 9.19. The Bertz CT molecular complexity index is 627. The minimum atomic E-state index is -0.412. The van der Waals surface area contributed by atoms with E-state index in [-0.39, 0.29) is 0 Å². The van der Waals surface area contributed by atoms with Crippen molar-refractivity contribution in [1.82, 2.24) is 10.4 Å². The van der Waals surface area contributed by atoms with Crippen molar-refractivity contribution in [2.24, 2.45) is 5.10 Å². The summed E-state index contributed by atoms with van der Waals surface area (Å²) in [6, 6.07) is 10.4. The minimum Gasteiger partial charge on any atom is -0.494 e. The summed E-state index contributed by atoms with van der Waals surface area (Å²) >= 11 is 0. The Morgan fingerprint density at radius 3 is 2.83 bits per heavy atom. The Kier molecular flexibility index (Phi) is 6.59. The zero-order valence-electron chi connectivity index (χ0n) is 13.0. The van der Waals surface area contributed by atoms with E-state index in [1.807, 2.05) is 18.2 Å². The van der Waals surface area contributed by atoms with Gasteiger partial charge in [0.1, 0.15) is 5.75 Å². The van der Waals surface area contributed by atoms with Gasteiger partial charge in [-0.05, 0) is 36.8 Å². The van der Waals surface area contributed by atoms with Crippen LogP contribution in [0.2, 0.25) is 0 Å². The predicted molar refractivity (Wildman–Crippen MR) is 90.8 cm³/mol. The molecule has 0 aliphatic carbocycles. The van der Waals surface area contributed by atoms with E-state index in [1.54, 1.807) is 30.6 Å². The number of hydrogen-bond acceptors (Lipinski definition) is 4. The van der Waals surface area contributed by atoms with Crippen molar-refractivity contribution in [3.63, 3.8) is 0 Å². The van der Waals surface area contributed by atoms with Gasteiger partial charge in [-0.25, -0.2) is 10.2 Å². The van der Waals surface area contributed by atoms with E-state index in [1.165, 1.54) is 6.21 Å². The van der Waals surface area contributed by atoms with E-state index >= 15 is 0 Å². The molecule has 6 heteroatoms. The molecule has 6 nitrogen and oxygen atoms in total. The molecule has 2 N–H and O–H groups in total. The highest BCUT2D eigenvalue weighted by molar-refractivity contribution is 5.90. The number of nitrogens with zero attached hydrogens (tertiary/aromatic N) is 2. The maximum absolute atomic E-state index is 11.7. The molecule has 0 aliphatic rings. The first-order valence-corrected chi connectivity index (χ1v) is 7.51. The molecule has 0 radical (unpaired) electrons. The molecule has 120 valence electrons. The molecule has 2 aromatic rings. The van der Waals surface area contributed by atoms with Crippen molar-refractivity contribution in [3.8, 4) is 5.75 Å². The fourth-order valence-electron chi connectivity index (χ4n) is 1.75. The molecule has 1 heterocycles. The molecular weight excluding hydrogens is 292 g/mol. The second-order valence-electron chi connectivity index (χ2n) is 4.84. The molecule has 23 heavy (non-hydrogen) atoms. The third-order valence-electron chi connectivity index (χ3n) is 2.94. The van der Waals surface area contributed by atoms with Gasteiger partial charge in [0.2, 0.25) is 0 Å². The van der Waals surface area contributed by atoms with Crippen LogP contribution in [0.5, 0.6) is 5.75 Å². The van der Waals surface area contributed by atoms with Crippen molar-refractivity contribution >= 4 is 17.9 Å². The summed E-state index contributed by atoms with van der Waals surface area (Å²) < 4.78 is 5.56. The molecule has 2 amide bonds. The van der Waals surface area contributed by atoms with E-state index in [4.69, 9.17) is 4.74 Å². The molecule has 1 aromatic carbocycles. The number of ether oxygens (including phenoxy) is 1. The molecule has 0 bridgehead atoms. The normalized spacial score (nSPS) is 10.5. The Labute approximate surface area is 135 Å². The number of carbonyl (C=O) groups is 1. The first-order valence-electron chi connectivity index (χ1n) is 7.51. The molecule has 1 aromatic heterocycles. The van der Waals surface area contributed by atoms with Gasteiger partial charge in [-0.2, -0.15) is 5.10 Å². The van der Waals surface area contributed by atoms with Gasteiger partial charge in [-0.3, -0.25) is 4.98 Å². The number of anilines is 1. The minimum absolute atomic E-state index is 0.412. The Balaban J connectivity index is 1.77. The van der Waals surface area contributed by atoms with E-state index in [0.29, 0.717) is 12.3 Å². The quantitative estimate of drug-likeness (QED) is 0.467. The molecule has 0 saturated carbocycles. The zero-order valence-corrected chi connectivity index (χ0v) is 13.0. The summed E-state index contributed by atoms with van der Waals surface area (Å²) in [7, 11) is 0. The lowest BCUT2D eigenvalue weighted by atomic mass is 10.3. The van der Waals surface area contributed by atoms with Crippen molar-refractivity contribution in [1.29, 1.82) is 0 Å². The lowest BCUT2D eigenvalue weighted by molar-refractivity contribution is 0.252. The van der Waals surface area contributed by atoms with Gasteiger partial charge in [0.05, 0.1) is 12.8 Å². The molecule has 0 fully saturated rings. The van der Waals surface area contributed by atoms with Crippen LogP contribution >= 0.6 is 0 Å². The second-order valence-corrected chi connectivity index (χ2v) is 4.84. The zero-order chi connectivity index (χ0) is 16.3. The molecule has 0 saturated heterocycles. The summed E-state index contributed by atoms with van der Waals surface area (Å²) in [5.74, 6) is 0.791. The highest BCUT2D eigenvalue weighted by atomic mass is 16.5. The van der Waals surface area contributed by atoms with Crippen LogP contribution in [0.4, 0.5) is 10.5 Å². The van der Waals surface area contributed by atoms with Crippen molar-refractivity contribution in [2.45, 2.75) is 19.8 Å². The molecule has 0 unspecified atom stereocenters. The van der Waals surface area contributed by atoms with E-state index in [2.05, 4.69) is 27.8 Å². The van der Waals surface area contributed by atoms with Crippen LogP contribution in [0.25, 0.3) is 0 Å². The number of urea groups is 1. The SMILES string of the molecule is CCCCOc1ccc(NC(=O)NN=Cc2cccnc2)cc1. The highest BCUT2D eigenvalue weighted by Gasteiger charge is 2.00. The average Bonchev–Trinajstić information content (AvgIpc) is 2.58.